The van der Waals surface area contributed by atoms with Gasteiger partial charge in [-0.25, -0.2) is 4.58 Å². The summed E-state index contributed by atoms with van der Waals surface area (Å²) < 4.78 is 5.07. The van der Waals surface area contributed by atoms with Crippen LogP contribution in [0.4, 0.5) is 0 Å². The van der Waals surface area contributed by atoms with Gasteiger partial charge in [0.25, 0.3) is 0 Å². The van der Waals surface area contributed by atoms with E-state index in [-0.39, 0.29) is 0 Å². The number of aryl methyl sites for hydroxylation is 1. The van der Waals surface area contributed by atoms with Crippen LogP contribution in [0.15, 0.2) is 48.0 Å². The van der Waals surface area contributed by atoms with Crippen molar-refractivity contribution in [3.63, 3.8) is 0 Å². The number of fused-ring (bicyclic) bond motifs is 3. The van der Waals surface area contributed by atoms with Gasteiger partial charge < -0.3 is 0 Å². The summed E-state index contributed by atoms with van der Waals surface area (Å²) in [6.07, 6.45) is 4.57. The molecule has 0 aliphatic carbocycles. The Bertz CT molecular complexity index is 927. The smallest absolute Gasteiger partial charge is 0.197 e. The first-order valence-electron chi connectivity index (χ1n) is 7.30. The van der Waals surface area contributed by atoms with Gasteiger partial charge in [-0.3, -0.25) is 0 Å². The zero-order chi connectivity index (χ0) is 14.6. The number of likely N-dealkylation sites (N-methyl/N-ethyl adjacent to an activating group) is 1. The molecule has 1 unspecified atom stereocenters. The van der Waals surface area contributed by atoms with Crippen LogP contribution in [0.2, 0.25) is 0 Å². The van der Waals surface area contributed by atoms with Gasteiger partial charge in [-0.1, -0.05) is 18.2 Å². The summed E-state index contributed by atoms with van der Waals surface area (Å²) >= 11 is 1.89. The topological polar surface area (TPSA) is 3.01 Å². The predicted molar refractivity (Wildman–Crippen MR) is 92.8 cm³/mol. The van der Waals surface area contributed by atoms with Gasteiger partial charge in [0.15, 0.2) is 12.3 Å². The molecule has 1 nitrogen and oxygen atoms in total. The third-order valence-electron chi connectivity index (χ3n) is 4.35. The predicted octanol–water partition coefficient (Wildman–Crippen LogP) is 5.08. The van der Waals surface area contributed by atoms with Gasteiger partial charge in [0.05, 0.1) is 0 Å². The molecule has 1 atom stereocenters. The Morgan fingerprint density at radius 2 is 1.81 bits per heavy atom. The average Bonchev–Trinajstić information content (AvgIpc) is 2.97. The number of hydrogen-bond donors (Lipinski definition) is 0. The molecule has 1 aromatic heterocycles. The molecule has 2 aromatic carbocycles. The molecule has 21 heavy (non-hydrogen) atoms. The van der Waals surface area contributed by atoms with Crippen LogP contribution in [-0.4, -0.2) is 17.8 Å². The highest BCUT2D eigenvalue weighted by Crippen LogP contribution is 2.37. The Hall–Kier alpha value is -1.93. The van der Waals surface area contributed by atoms with E-state index in [1.165, 1.54) is 36.9 Å². The van der Waals surface area contributed by atoms with Gasteiger partial charge in [-0.15, -0.1) is 11.3 Å². The lowest BCUT2D eigenvalue weighted by Gasteiger charge is -2.10. The lowest BCUT2D eigenvalue weighted by atomic mass is 9.98. The van der Waals surface area contributed by atoms with Crippen LogP contribution in [0, 0.1) is 6.92 Å². The maximum absolute atomic E-state index is 2.40. The molecule has 0 bridgehead atoms. The summed E-state index contributed by atoms with van der Waals surface area (Å²) in [6.45, 7) is 4.40. The van der Waals surface area contributed by atoms with Crippen LogP contribution in [0.1, 0.15) is 24.1 Å². The van der Waals surface area contributed by atoms with E-state index in [0.717, 1.165) is 0 Å². The summed E-state index contributed by atoms with van der Waals surface area (Å²) in [6, 6.07) is 13.8. The summed E-state index contributed by atoms with van der Waals surface area (Å²) in [7, 11) is 2.16. The molecule has 0 fully saturated rings. The second kappa shape index (κ2) is 4.54. The van der Waals surface area contributed by atoms with E-state index in [0.29, 0.717) is 6.04 Å². The number of hydrogen-bond acceptors (Lipinski definition) is 1. The van der Waals surface area contributed by atoms with Gasteiger partial charge in [-0.2, -0.15) is 0 Å². The molecule has 2 heteroatoms. The van der Waals surface area contributed by atoms with Crippen molar-refractivity contribution in [3.8, 4) is 0 Å². The Balaban J connectivity index is 2.00. The van der Waals surface area contributed by atoms with Crippen molar-refractivity contribution in [1.29, 1.82) is 0 Å². The molecule has 1 aliphatic heterocycles. The second-order valence-corrected chi connectivity index (χ2v) is 7.04. The number of allylic oxidation sites excluding steroid dienone is 1. The fourth-order valence-electron chi connectivity index (χ4n) is 3.33. The molecule has 0 radical (unpaired) electrons. The first kappa shape index (κ1) is 12.8. The van der Waals surface area contributed by atoms with E-state index in [1.54, 1.807) is 0 Å². The van der Waals surface area contributed by atoms with Crippen molar-refractivity contribution in [2.45, 2.75) is 19.9 Å². The standard InChI is InChI=1S/C19H18NS/c1-12-8-17(20(3)11-12)15-10-16-14-6-4-5-7-18(14)21-19(16)9-13(15)2/h4-11,17H,1-3H3/q+1. The molecular weight excluding hydrogens is 274 g/mol. The van der Waals surface area contributed by atoms with Crippen LogP contribution >= 0.6 is 11.3 Å². The Morgan fingerprint density at radius 3 is 2.57 bits per heavy atom. The fraction of sp³-hybridized carbons (Fsp3) is 0.211. The SMILES string of the molecule is CC1=CC(c2cc3c(cc2C)sc2ccccc23)[N+](C)=C1. The summed E-state index contributed by atoms with van der Waals surface area (Å²) in [4.78, 5) is 0. The molecule has 0 N–H and O–H groups in total. The first-order chi connectivity index (χ1) is 10.1. The van der Waals surface area contributed by atoms with E-state index in [2.05, 4.69) is 74.2 Å². The van der Waals surface area contributed by atoms with Crippen molar-refractivity contribution in [3.05, 3.63) is 59.2 Å². The molecular formula is C19H18NS+. The summed E-state index contributed by atoms with van der Waals surface area (Å²) in [5.74, 6) is 0. The maximum atomic E-state index is 2.40. The Morgan fingerprint density at radius 1 is 1.00 bits per heavy atom. The molecule has 4 rings (SSSR count). The minimum atomic E-state index is 0.369. The van der Waals surface area contributed by atoms with Crippen LogP contribution in [-0.2, 0) is 0 Å². The van der Waals surface area contributed by atoms with E-state index < -0.39 is 0 Å². The first-order valence-corrected chi connectivity index (χ1v) is 8.12. The van der Waals surface area contributed by atoms with Crippen molar-refractivity contribution < 1.29 is 4.58 Å². The van der Waals surface area contributed by atoms with Crippen molar-refractivity contribution in [2.75, 3.05) is 7.05 Å². The number of thiophene rings is 1. The van der Waals surface area contributed by atoms with Crippen LogP contribution in [0.3, 0.4) is 0 Å². The largest absolute Gasteiger partial charge is 0.228 e. The third kappa shape index (κ3) is 1.94. The molecule has 0 amide bonds. The highest BCUT2D eigenvalue weighted by Gasteiger charge is 2.25. The van der Waals surface area contributed by atoms with Gasteiger partial charge >= 0.3 is 0 Å². The van der Waals surface area contributed by atoms with E-state index in [4.69, 9.17) is 0 Å². The molecule has 0 spiro atoms. The minimum Gasteiger partial charge on any atom is -0.228 e. The molecule has 1 aliphatic rings. The number of nitrogens with zero attached hydrogens (tertiary/aromatic N) is 1. The van der Waals surface area contributed by atoms with Crippen molar-refractivity contribution in [1.82, 2.24) is 0 Å². The summed E-state index contributed by atoms with van der Waals surface area (Å²) in [5.41, 5.74) is 4.14. The Kier molecular flexibility index (Phi) is 2.76. The van der Waals surface area contributed by atoms with Gasteiger partial charge in [0.2, 0.25) is 0 Å². The van der Waals surface area contributed by atoms with Gasteiger partial charge in [-0.05, 0) is 43.7 Å². The third-order valence-corrected chi connectivity index (χ3v) is 5.48. The zero-order valence-corrected chi connectivity index (χ0v) is 13.4. The molecule has 104 valence electrons. The maximum Gasteiger partial charge on any atom is 0.197 e. The molecule has 3 aromatic rings. The quantitative estimate of drug-likeness (QED) is 0.550. The molecule has 0 saturated carbocycles. The second-order valence-electron chi connectivity index (χ2n) is 5.95. The van der Waals surface area contributed by atoms with Gasteiger partial charge in [0.1, 0.15) is 7.05 Å². The minimum absolute atomic E-state index is 0.369. The van der Waals surface area contributed by atoms with E-state index in [1.807, 2.05) is 11.3 Å². The highest BCUT2D eigenvalue weighted by molar-refractivity contribution is 7.25. The van der Waals surface area contributed by atoms with Crippen LogP contribution in [0.5, 0.6) is 0 Å². The van der Waals surface area contributed by atoms with Crippen LogP contribution in [0.25, 0.3) is 20.2 Å². The molecule has 2 heterocycles. The van der Waals surface area contributed by atoms with Gasteiger partial charge in [0, 0.05) is 31.3 Å². The fourth-order valence-corrected chi connectivity index (χ4v) is 4.51. The van der Waals surface area contributed by atoms with Crippen LogP contribution < -0.4 is 0 Å². The highest BCUT2D eigenvalue weighted by atomic mass is 32.1. The Labute approximate surface area is 128 Å². The van der Waals surface area contributed by atoms with Crippen molar-refractivity contribution in [2.24, 2.45) is 0 Å². The van der Waals surface area contributed by atoms with Crippen molar-refractivity contribution >= 4 is 37.7 Å². The monoisotopic (exact) mass is 292 g/mol. The average molecular weight is 292 g/mol. The molecule has 0 saturated heterocycles. The van der Waals surface area contributed by atoms with E-state index in [9.17, 15) is 0 Å². The lowest BCUT2D eigenvalue weighted by Crippen LogP contribution is -2.10. The number of benzene rings is 2. The number of rotatable bonds is 1. The van der Waals surface area contributed by atoms with E-state index >= 15 is 0 Å². The normalized spacial score (nSPS) is 18.3. The lowest BCUT2D eigenvalue weighted by molar-refractivity contribution is -0.523. The zero-order valence-electron chi connectivity index (χ0n) is 12.6. The summed E-state index contributed by atoms with van der Waals surface area (Å²) in [5, 5.41) is 2.77.